The summed E-state index contributed by atoms with van der Waals surface area (Å²) >= 11 is 1.39. The van der Waals surface area contributed by atoms with Crippen molar-refractivity contribution in [3.05, 3.63) is 22.4 Å². The molecule has 0 spiro atoms. The van der Waals surface area contributed by atoms with Crippen LogP contribution in [0.3, 0.4) is 0 Å². The van der Waals surface area contributed by atoms with E-state index in [-0.39, 0.29) is 12.2 Å². The Hall–Kier alpha value is -1.20. The predicted molar refractivity (Wildman–Crippen MR) is 83.9 cm³/mol. The van der Waals surface area contributed by atoms with Gasteiger partial charge in [0.15, 0.2) is 5.78 Å². The number of carbonyl (C=O) groups is 2. The number of piperidine rings is 1. The first kappa shape index (κ1) is 16.2. The van der Waals surface area contributed by atoms with Gasteiger partial charge in [0.1, 0.15) is 0 Å². The van der Waals surface area contributed by atoms with Crippen LogP contribution in [-0.4, -0.2) is 40.9 Å². The number of ketones is 1. The summed E-state index contributed by atoms with van der Waals surface area (Å²) in [7, 11) is 0. The van der Waals surface area contributed by atoms with Gasteiger partial charge in [0.25, 0.3) is 0 Å². The van der Waals surface area contributed by atoms with E-state index in [0.29, 0.717) is 17.5 Å². The first-order chi connectivity index (χ1) is 10.1. The largest absolute Gasteiger partial charge is 0.481 e. The number of hydrogen-bond acceptors (Lipinski definition) is 4. The van der Waals surface area contributed by atoms with Crippen molar-refractivity contribution in [2.24, 2.45) is 5.92 Å². The van der Waals surface area contributed by atoms with Crippen LogP contribution < -0.4 is 0 Å². The van der Waals surface area contributed by atoms with E-state index in [1.54, 1.807) is 6.07 Å². The van der Waals surface area contributed by atoms with Crippen LogP contribution in [0.2, 0.25) is 0 Å². The van der Waals surface area contributed by atoms with Crippen LogP contribution in [0.25, 0.3) is 0 Å². The summed E-state index contributed by atoms with van der Waals surface area (Å²) in [5.74, 6) is -1.35. The van der Waals surface area contributed by atoms with Crippen LogP contribution in [0.15, 0.2) is 17.5 Å². The lowest BCUT2D eigenvalue weighted by Gasteiger charge is -2.36. The minimum atomic E-state index is -0.894. The van der Waals surface area contributed by atoms with Crippen molar-refractivity contribution in [2.75, 3.05) is 13.1 Å². The molecule has 0 radical (unpaired) electrons. The average molecular weight is 309 g/mol. The zero-order chi connectivity index (χ0) is 15.2. The molecule has 0 saturated carbocycles. The number of carboxylic acids is 1. The van der Waals surface area contributed by atoms with Crippen LogP contribution in [-0.2, 0) is 4.79 Å². The molecule has 1 aliphatic heterocycles. The zero-order valence-electron chi connectivity index (χ0n) is 12.5. The van der Waals surface area contributed by atoms with E-state index in [9.17, 15) is 9.59 Å². The fraction of sp³-hybridized carbons (Fsp3) is 0.625. The van der Waals surface area contributed by atoms with Crippen molar-refractivity contribution in [3.8, 4) is 0 Å². The van der Waals surface area contributed by atoms with E-state index in [1.165, 1.54) is 17.8 Å². The Morgan fingerprint density at radius 2 is 2.29 bits per heavy atom. The fourth-order valence-corrected chi connectivity index (χ4v) is 3.86. The van der Waals surface area contributed by atoms with Crippen LogP contribution >= 0.6 is 11.3 Å². The summed E-state index contributed by atoms with van der Waals surface area (Å²) < 4.78 is 0. The molecule has 1 aliphatic rings. The van der Waals surface area contributed by atoms with Crippen molar-refractivity contribution in [2.45, 2.75) is 45.1 Å². The molecule has 1 fully saturated rings. The topological polar surface area (TPSA) is 57.6 Å². The number of aliphatic carboxylic acids is 1. The Morgan fingerprint density at radius 3 is 2.90 bits per heavy atom. The lowest BCUT2D eigenvalue weighted by molar-refractivity contribution is -0.138. The maximum atomic E-state index is 12.5. The van der Waals surface area contributed by atoms with Gasteiger partial charge in [-0.25, -0.2) is 0 Å². The summed E-state index contributed by atoms with van der Waals surface area (Å²) in [5, 5.41) is 11.0. The molecule has 1 N–H and O–H groups in total. The number of carbonyl (C=O) groups excluding carboxylic acids is 1. The van der Waals surface area contributed by atoms with Gasteiger partial charge in [0.2, 0.25) is 0 Å². The van der Waals surface area contributed by atoms with E-state index in [1.807, 2.05) is 11.4 Å². The van der Waals surface area contributed by atoms with Crippen LogP contribution in [0.4, 0.5) is 0 Å². The number of likely N-dealkylation sites (tertiary alicyclic amines) is 1. The minimum absolute atomic E-state index is 0.0205. The Bertz CT molecular complexity index is 472. The Labute approximate surface area is 129 Å². The number of Topliss-reactive ketones (excluding diaryl/α,β-unsaturated/α-hetero) is 1. The molecule has 1 aromatic heterocycles. The van der Waals surface area contributed by atoms with Crippen molar-refractivity contribution in [3.63, 3.8) is 0 Å². The van der Waals surface area contributed by atoms with E-state index >= 15 is 0 Å². The Kier molecular flexibility index (Phi) is 5.94. The molecule has 1 aromatic rings. The highest BCUT2D eigenvalue weighted by molar-refractivity contribution is 7.12. The molecule has 0 aromatic carbocycles. The molecular weight excluding hydrogens is 286 g/mol. The summed E-state index contributed by atoms with van der Waals surface area (Å²) in [6, 6.07) is 4.12. The quantitative estimate of drug-likeness (QED) is 0.785. The molecule has 1 saturated heterocycles. The maximum absolute atomic E-state index is 12.5. The van der Waals surface area contributed by atoms with Crippen molar-refractivity contribution >= 4 is 23.1 Å². The third-order valence-electron chi connectivity index (χ3n) is 4.23. The van der Waals surface area contributed by atoms with Gasteiger partial charge < -0.3 is 5.11 Å². The third kappa shape index (κ3) is 4.38. The van der Waals surface area contributed by atoms with Crippen molar-refractivity contribution in [1.29, 1.82) is 0 Å². The highest BCUT2D eigenvalue weighted by atomic mass is 32.1. The fourth-order valence-electron chi connectivity index (χ4n) is 3.12. The summed E-state index contributed by atoms with van der Waals surface area (Å²) in [6.07, 6.45) is 4.51. The molecule has 0 bridgehead atoms. The predicted octanol–water partition coefficient (Wildman–Crippen LogP) is 3.29. The molecule has 5 heteroatoms. The zero-order valence-corrected chi connectivity index (χ0v) is 13.3. The van der Waals surface area contributed by atoms with Gasteiger partial charge in [-0.3, -0.25) is 14.5 Å². The summed E-state index contributed by atoms with van der Waals surface area (Å²) in [4.78, 5) is 26.6. The number of thiophene rings is 1. The lowest BCUT2D eigenvalue weighted by Crippen LogP contribution is -2.43. The van der Waals surface area contributed by atoms with Gasteiger partial charge in [-0.1, -0.05) is 19.4 Å². The normalized spacial score (nSPS) is 21.1. The first-order valence-electron chi connectivity index (χ1n) is 7.65. The smallest absolute Gasteiger partial charge is 0.304 e. The monoisotopic (exact) mass is 309 g/mol. The highest BCUT2D eigenvalue weighted by Gasteiger charge is 2.29. The number of hydrogen-bond donors (Lipinski definition) is 1. The molecule has 2 rings (SSSR count). The van der Waals surface area contributed by atoms with Gasteiger partial charge in [-0.15, -0.1) is 11.3 Å². The van der Waals surface area contributed by atoms with Gasteiger partial charge in [-0.05, 0) is 37.3 Å². The second kappa shape index (κ2) is 7.71. The van der Waals surface area contributed by atoms with Gasteiger partial charge in [0, 0.05) is 18.5 Å². The average Bonchev–Trinajstić information content (AvgIpc) is 3.00. The van der Waals surface area contributed by atoms with Gasteiger partial charge in [0.05, 0.1) is 11.3 Å². The standard InChI is InChI=1S/C16H23NO3S/c1-2-13-6-3-4-8-17(13)11-12(10-15(18)19)16(20)14-7-5-9-21-14/h5,7,9,12-13H,2-4,6,8,10-11H2,1H3,(H,18,19). The second-order valence-corrected chi connectivity index (χ2v) is 6.64. The van der Waals surface area contributed by atoms with Gasteiger partial charge in [-0.2, -0.15) is 0 Å². The van der Waals surface area contributed by atoms with Crippen molar-refractivity contribution < 1.29 is 14.7 Å². The minimum Gasteiger partial charge on any atom is -0.481 e. The van der Waals surface area contributed by atoms with Crippen LogP contribution in [0.5, 0.6) is 0 Å². The first-order valence-corrected chi connectivity index (χ1v) is 8.53. The maximum Gasteiger partial charge on any atom is 0.304 e. The van der Waals surface area contributed by atoms with Gasteiger partial charge >= 0.3 is 5.97 Å². The molecule has 2 heterocycles. The second-order valence-electron chi connectivity index (χ2n) is 5.69. The summed E-state index contributed by atoms with van der Waals surface area (Å²) in [5.41, 5.74) is 0. The third-order valence-corrected chi connectivity index (χ3v) is 5.12. The Morgan fingerprint density at radius 1 is 1.48 bits per heavy atom. The van der Waals surface area contributed by atoms with E-state index in [4.69, 9.17) is 5.11 Å². The van der Waals surface area contributed by atoms with Crippen LogP contribution in [0.1, 0.15) is 48.7 Å². The number of nitrogens with zero attached hydrogens (tertiary/aromatic N) is 1. The van der Waals surface area contributed by atoms with Crippen molar-refractivity contribution in [1.82, 2.24) is 4.90 Å². The van der Waals surface area contributed by atoms with E-state index in [0.717, 1.165) is 25.8 Å². The lowest BCUT2D eigenvalue weighted by atomic mass is 9.94. The molecule has 0 amide bonds. The molecule has 21 heavy (non-hydrogen) atoms. The molecular formula is C16H23NO3S. The molecule has 0 aliphatic carbocycles. The number of rotatable bonds is 7. The molecule has 4 nitrogen and oxygen atoms in total. The summed E-state index contributed by atoms with van der Waals surface area (Å²) in [6.45, 7) is 3.71. The van der Waals surface area contributed by atoms with E-state index in [2.05, 4.69) is 11.8 Å². The number of carboxylic acid groups (broad SMARTS) is 1. The Balaban J connectivity index is 2.08. The van der Waals surface area contributed by atoms with Crippen LogP contribution in [0, 0.1) is 5.92 Å². The molecule has 2 unspecified atom stereocenters. The molecule has 116 valence electrons. The van der Waals surface area contributed by atoms with E-state index < -0.39 is 11.9 Å². The SMILES string of the molecule is CCC1CCCCN1CC(CC(=O)O)C(=O)c1cccs1. The highest BCUT2D eigenvalue weighted by Crippen LogP contribution is 2.24. The molecule has 2 atom stereocenters.